The third-order valence-electron chi connectivity index (χ3n) is 3.41. The van der Waals surface area contributed by atoms with Crippen LogP contribution < -0.4 is 0 Å². The maximum Gasteiger partial charge on any atom is 0.444 e. The zero-order valence-corrected chi connectivity index (χ0v) is 11.8. The highest BCUT2D eigenvalue weighted by Gasteiger charge is 2.38. The predicted molar refractivity (Wildman–Crippen MR) is 78.4 cm³/mol. The first-order valence-electron chi connectivity index (χ1n) is 6.99. The Bertz CT molecular complexity index is 657. The van der Waals surface area contributed by atoms with Crippen LogP contribution in [0, 0.1) is 0 Å². The van der Waals surface area contributed by atoms with Crippen molar-refractivity contribution in [3.63, 3.8) is 0 Å². The van der Waals surface area contributed by atoms with Crippen molar-refractivity contribution >= 4 is 12.1 Å². The van der Waals surface area contributed by atoms with Gasteiger partial charge in [0.1, 0.15) is 12.6 Å². The third kappa shape index (κ3) is 3.09. The van der Waals surface area contributed by atoms with Crippen molar-refractivity contribution in [3.05, 3.63) is 71.8 Å². The van der Waals surface area contributed by atoms with E-state index in [4.69, 9.17) is 9.57 Å². The smallest absolute Gasteiger partial charge is 0.442 e. The van der Waals surface area contributed by atoms with Crippen LogP contribution in [0.25, 0.3) is 0 Å². The normalized spacial score (nSPS) is 17.2. The van der Waals surface area contributed by atoms with Gasteiger partial charge in [0, 0.05) is 0 Å². The van der Waals surface area contributed by atoms with Crippen LogP contribution >= 0.6 is 0 Å². The van der Waals surface area contributed by atoms with Crippen LogP contribution in [0.1, 0.15) is 23.6 Å². The molecule has 0 N–H and O–H groups in total. The summed E-state index contributed by atoms with van der Waals surface area (Å²) in [5, 5.41) is 1.01. The molecule has 1 atom stereocenters. The van der Waals surface area contributed by atoms with Crippen molar-refractivity contribution in [1.82, 2.24) is 5.06 Å². The second kappa shape index (κ2) is 6.30. The quantitative estimate of drug-likeness (QED) is 0.872. The first-order valence-corrected chi connectivity index (χ1v) is 6.99. The van der Waals surface area contributed by atoms with E-state index in [9.17, 15) is 9.59 Å². The van der Waals surface area contributed by atoms with Gasteiger partial charge in [0.05, 0.1) is 6.42 Å². The summed E-state index contributed by atoms with van der Waals surface area (Å²) in [6, 6.07) is 18.2. The molecule has 2 aromatic carbocycles. The summed E-state index contributed by atoms with van der Waals surface area (Å²) in [5.41, 5.74) is 1.71. The van der Waals surface area contributed by atoms with E-state index < -0.39 is 18.1 Å². The van der Waals surface area contributed by atoms with E-state index in [1.54, 1.807) is 0 Å². The minimum atomic E-state index is -0.663. The fourth-order valence-corrected chi connectivity index (χ4v) is 2.33. The molecule has 1 heterocycles. The zero-order valence-electron chi connectivity index (χ0n) is 11.8. The monoisotopic (exact) mass is 297 g/mol. The topological polar surface area (TPSA) is 55.8 Å². The lowest BCUT2D eigenvalue weighted by atomic mass is 10.1. The second-order valence-corrected chi connectivity index (χ2v) is 4.96. The lowest BCUT2D eigenvalue weighted by molar-refractivity contribution is -0.167. The highest BCUT2D eigenvalue weighted by atomic mass is 16.8. The molecule has 0 unspecified atom stereocenters. The molecule has 2 aromatic rings. The van der Waals surface area contributed by atoms with E-state index in [-0.39, 0.29) is 13.0 Å². The van der Waals surface area contributed by atoms with Crippen molar-refractivity contribution in [2.24, 2.45) is 0 Å². The number of hydrogen-bond donors (Lipinski definition) is 0. The van der Waals surface area contributed by atoms with Gasteiger partial charge in [0.2, 0.25) is 0 Å². The number of carbonyl (C=O) groups is 2. The van der Waals surface area contributed by atoms with Gasteiger partial charge >= 0.3 is 12.1 Å². The predicted octanol–water partition coefficient (Wildman–Crippen LogP) is 3.23. The average Bonchev–Trinajstić information content (AvgIpc) is 2.96. The molecule has 0 aliphatic carbocycles. The molecule has 0 aromatic heterocycles. The summed E-state index contributed by atoms with van der Waals surface area (Å²) in [6.45, 7) is 0.134. The van der Waals surface area contributed by atoms with Crippen LogP contribution in [-0.4, -0.2) is 17.1 Å². The van der Waals surface area contributed by atoms with E-state index in [0.717, 1.165) is 16.2 Å². The van der Waals surface area contributed by atoms with E-state index in [2.05, 4.69) is 0 Å². The van der Waals surface area contributed by atoms with Gasteiger partial charge in [-0.3, -0.25) is 0 Å². The lowest BCUT2D eigenvalue weighted by Gasteiger charge is -2.20. The van der Waals surface area contributed by atoms with E-state index >= 15 is 0 Å². The van der Waals surface area contributed by atoms with Gasteiger partial charge in [0.15, 0.2) is 0 Å². The summed E-state index contributed by atoms with van der Waals surface area (Å²) in [4.78, 5) is 28.7. The van der Waals surface area contributed by atoms with Gasteiger partial charge in [-0.15, -0.1) is 5.06 Å². The molecular weight excluding hydrogens is 282 g/mol. The van der Waals surface area contributed by atoms with Crippen molar-refractivity contribution < 1.29 is 19.2 Å². The number of carbonyl (C=O) groups excluding carboxylic acids is 2. The lowest BCUT2D eigenvalue weighted by Crippen LogP contribution is -2.30. The Balaban J connectivity index is 1.69. The van der Waals surface area contributed by atoms with E-state index in [1.165, 1.54) is 0 Å². The number of benzene rings is 2. The van der Waals surface area contributed by atoms with Crippen LogP contribution in [0.4, 0.5) is 4.79 Å². The zero-order chi connectivity index (χ0) is 15.4. The average molecular weight is 297 g/mol. The molecule has 1 amide bonds. The molecule has 112 valence electrons. The third-order valence-corrected chi connectivity index (χ3v) is 3.41. The van der Waals surface area contributed by atoms with E-state index in [0.29, 0.717) is 0 Å². The van der Waals surface area contributed by atoms with Gasteiger partial charge in [-0.25, -0.2) is 9.59 Å². The van der Waals surface area contributed by atoms with Gasteiger partial charge in [-0.1, -0.05) is 60.7 Å². The summed E-state index contributed by atoms with van der Waals surface area (Å²) >= 11 is 0. The maximum absolute atomic E-state index is 12.2. The molecule has 1 aliphatic heterocycles. The van der Waals surface area contributed by atoms with Crippen molar-refractivity contribution in [3.8, 4) is 0 Å². The minimum Gasteiger partial charge on any atom is -0.442 e. The molecule has 1 saturated heterocycles. The van der Waals surface area contributed by atoms with Crippen molar-refractivity contribution in [1.29, 1.82) is 0 Å². The number of rotatable bonds is 3. The Hall–Kier alpha value is -2.82. The Morgan fingerprint density at radius 1 is 1.09 bits per heavy atom. The van der Waals surface area contributed by atoms with Gasteiger partial charge in [0.25, 0.3) is 0 Å². The number of amides is 1. The minimum absolute atomic E-state index is 0.129. The van der Waals surface area contributed by atoms with Crippen LogP contribution in [0.5, 0.6) is 0 Å². The number of ether oxygens (including phenoxy) is 1. The Labute approximate surface area is 128 Å². The highest BCUT2D eigenvalue weighted by molar-refractivity contribution is 5.78. The summed E-state index contributed by atoms with van der Waals surface area (Å²) in [6.07, 6.45) is -0.534. The Kier molecular flexibility index (Phi) is 4.05. The molecule has 1 fully saturated rings. The maximum atomic E-state index is 12.2. The van der Waals surface area contributed by atoms with Gasteiger partial charge in [-0.05, 0) is 11.1 Å². The second-order valence-electron chi connectivity index (χ2n) is 4.96. The molecular formula is C17H15NO4. The number of hydrogen-bond acceptors (Lipinski definition) is 4. The SMILES string of the molecule is O=C1C[C@H](c2ccccc2)N(C(=O)OCc2ccccc2)O1. The molecule has 0 spiro atoms. The highest BCUT2D eigenvalue weighted by Crippen LogP contribution is 2.31. The van der Waals surface area contributed by atoms with Crippen LogP contribution in [0.15, 0.2) is 60.7 Å². The standard InChI is InChI=1S/C17H15NO4/c19-16-11-15(14-9-5-2-6-10-14)18(22-16)17(20)21-12-13-7-3-1-4-8-13/h1-10,15H,11-12H2/t15-/m1/s1. The van der Waals surface area contributed by atoms with Gasteiger partial charge < -0.3 is 9.57 Å². The first-order chi connectivity index (χ1) is 10.7. The first kappa shape index (κ1) is 14.1. The molecule has 5 heteroatoms. The van der Waals surface area contributed by atoms with E-state index in [1.807, 2.05) is 60.7 Å². The molecule has 3 rings (SSSR count). The van der Waals surface area contributed by atoms with Crippen LogP contribution in [0.3, 0.4) is 0 Å². The fraction of sp³-hybridized carbons (Fsp3) is 0.176. The summed E-state index contributed by atoms with van der Waals surface area (Å²) in [5.74, 6) is -0.439. The van der Waals surface area contributed by atoms with Crippen molar-refractivity contribution in [2.45, 2.75) is 19.1 Å². The Morgan fingerprint density at radius 2 is 1.73 bits per heavy atom. The molecule has 1 aliphatic rings. The summed E-state index contributed by atoms with van der Waals surface area (Å²) < 4.78 is 5.22. The number of hydroxylamine groups is 2. The molecule has 22 heavy (non-hydrogen) atoms. The van der Waals surface area contributed by atoms with Gasteiger partial charge in [-0.2, -0.15) is 0 Å². The molecule has 0 bridgehead atoms. The molecule has 0 saturated carbocycles. The molecule has 0 radical (unpaired) electrons. The number of nitrogens with zero attached hydrogens (tertiary/aromatic N) is 1. The Morgan fingerprint density at radius 3 is 2.41 bits per heavy atom. The van der Waals surface area contributed by atoms with Crippen LogP contribution in [0.2, 0.25) is 0 Å². The summed E-state index contributed by atoms with van der Waals surface area (Å²) in [7, 11) is 0. The van der Waals surface area contributed by atoms with Crippen LogP contribution in [-0.2, 0) is 21.0 Å². The van der Waals surface area contributed by atoms with Crippen molar-refractivity contribution in [2.75, 3.05) is 0 Å². The molecule has 5 nitrogen and oxygen atoms in total. The fourth-order valence-electron chi connectivity index (χ4n) is 2.33. The largest absolute Gasteiger partial charge is 0.444 e.